The molecular formula is C17H21NO2. The number of benzene rings is 1. The summed E-state index contributed by atoms with van der Waals surface area (Å²) in [6.07, 6.45) is 3.79. The van der Waals surface area contributed by atoms with Crippen molar-refractivity contribution in [2.45, 2.75) is 31.9 Å². The maximum absolute atomic E-state index is 6.00. The highest BCUT2D eigenvalue weighted by atomic mass is 16.5. The molecule has 3 heteroatoms. The van der Waals surface area contributed by atoms with Crippen LogP contribution in [0.2, 0.25) is 0 Å². The van der Waals surface area contributed by atoms with Gasteiger partial charge in [0.2, 0.25) is 0 Å². The van der Waals surface area contributed by atoms with Crippen molar-refractivity contribution in [2.75, 3.05) is 13.2 Å². The molecule has 106 valence electrons. The lowest BCUT2D eigenvalue weighted by molar-refractivity contribution is 0.0278. The summed E-state index contributed by atoms with van der Waals surface area (Å²) in [5.74, 6) is 0.985. The van der Waals surface area contributed by atoms with Gasteiger partial charge in [0.25, 0.3) is 0 Å². The van der Waals surface area contributed by atoms with E-state index in [0.717, 1.165) is 31.8 Å². The van der Waals surface area contributed by atoms with Crippen molar-refractivity contribution in [3.63, 3.8) is 0 Å². The number of hydrogen-bond donors (Lipinski definition) is 1. The Kier molecular flexibility index (Phi) is 4.19. The van der Waals surface area contributed by atoms with Gasteiger partial charge in [-0.25, -0.2) is 0 Å². The zero-order valence-corrected chi connectivity index (χ0v) is 11.8. The first kappa shape index (κ1) is 13.4. The highest BCUT2D eigenvalue weighted by Gasteiger charge is 2.25. The molecule has 0 bridgehead atoms. The summed E-state index contributed by atoms with van der Waals surface area (Å²) < 4.78 is 11.6. The fourth-order valence-corrected chi connectivity index (χ4v) is 2.92. The van der Waals surface area contributed by atoms with Crippen LogP contribution in [-0.4, -0.2) is 13.2 Å². The summed E-state index contributed by atoms with van der Waals surface area (Å²) in [5, 5.41) is 3.49. The summed E-state index contributed by atoms with van der Waals surface area (Å²) >= 11 is 0. The van der Waals surface area contributed by atoms with Crippen LogP contribution in [-0.2, 0) is 11.2 Å². The molecule has 0 radical (unpaired) electrons. The molecule has 0 fully saturated rings. The van der Waals surface area contributed by atoms with Crippen LogP contribution in [0, 0.1) is 0 Å². The molecule has 1 aliphatic rings. The van der Waals surface area contributed by atoms with Gasteiger partial charge in [-0.05, 0) is 36.2 Å². The largest absolute Gasteiger partial charge is 0.468 e. The Hall–Kier alpha value is -1.58. The first-order chi connectivity index (χ1) is 9.88. The highest BCUT2D eigenvalue weighted by molar-refractivity contribution is 5.31. The molecule has 0 spiro atoms. The Morgan fingerprint density at radius 2 is 2.15 bits per heavy atom. The molecule has 1 aliphatic heterocycles. The maximum Gasteiger partial charge on any atom is 0.120 e. The quantitative estimate of drug-likeness (QED) is 0.901. The second-order valence-corrected chi connectivity index (χ2v) is 5.17. The molecule has 2 unspecified atom stereocenters. The smallest absolute Gasteiger partial charge is 0.120 e. The first-order valence-corrected chi connectivity index (χ1v) is 7.34. The average Bonchev–Trinajstić information content (AvgIpc) is 3.01. The molecule has 0 aliphatic carbocycles. The number of ether oxygens (including phenoxy) is 1. The van der Waals surface area contributed by atoms with Crippen molar-refractivity contribution in [1.29, 1.82) is 0 Å². The molecule has 2 atom stereocenters. The molecule has 0 saturated carbocycles. The lowest BCUT2D eigenvalue weighted by Gasteiger charge is -2.29. The minimum Gasteiger partial charge on any atom is -0.468 e. The number of fused-ring (bicyclic) bond motifs is 1. The van der Waals surface area contributed by atoms with E-state index in [9.17, 15) is 0 Å². The molecule has 20 heavy (non-hydrogen) atoms. The zero-order valence-electron chi connectivity index (χ0n) is 11.8. The van der Waals surface area contributed by atoms with Gasteiger partial charge in [-0.1, -0.05) is 31.2 Å². The van der Waals surface area contributed by atoms with Gasteiger partial charge in [0.1, 0.15) is 5.76 Å². The predicted molar refractivity (Wildman–Crippen MR) is 78.6 cm³/mol. The first-order valence-electron chi connectivity index (χ1n) is 7.34. The summed E-state index contributed by atoms with van der Waals surface area (Å²) in [6, 6.07) is 12.8. The van der Waals surface area contributed by atoms with Gasteiger partial charge in [-0.2, -0.15) is 0 Å². The van der Waals surface area contributed by atoms with Crippen LogP contribution in [0.25, 0.3) is 0 Å². The van der Waals surface area contributed by atoms with E-state index in [0.29, 0.717) is 0 Å². The topological polar surface area (TPSA) is 34.4 Å². The second kappa shape index (κ2) is 6.25. The molecule has 2 aromatic rings. The molecule has 0 saturated heterocycles. The number of rotatable bonds is 5. The van der Waals surface area contributed by atoms with E-state index in [-0.39, 0.29) is 12.1 Å². The van der Waals surface area contributed by atoms with Gasteiger partial charge in [0.05, 0.1) is 25.0 Å². The average molecular weight is 271 g/mol. The van der Waals surface area contributed by atoms with Crippen molar-refractivity contribution in [1.82, 2.24) is 5.32 Å². The fourth-order valence-electron chi connectivity index (χ4n) is 2.92. The van der Waals surface area contributed by atoms with Gasteiger partial charge in [0, 0.05) is 6.42 Å². The monoisotopic (exact) mass is 271 g/mol. The molecule has 1 aromatic carbocycles. The predicted octanol–water partition coefficient (Wildman–Crippen LogP) is 3.63. The van der Waals surface area contributed by atoms with Crippen LogP contribution in [0.3, 0.4) is 0 Å². The molecule has 0 amide bonds. The van der Waals surface area contributed by atoms with Gasteiger partial charge < -0.3 is 14.5 Å². The zero-order chi connectivity index (χ0) is 13.8. The molecule has 2 heterocycles. The van der Waals surface area contributed by atoms with Crippen LogP contribution in [0.5, 0.6) is 0 Å². The Morgan fingerprint density at radius 3 is 2.95 bits per heavy atom. The van der Waals surface area contributed by atoms with Crippen LogP contribution >= 0.6 is 0 Å². The highest BCUT2D eigenvalue weighted by Crippen LogP contribution is 2.34. The van der Waals surface area contributed by atoms with Crippen molar-refractivity contribution < 1.29 is 9.15 Å². The number of furan rings is 1. The summed E-state index contributed by atoms with van der Waals surface area (Å²) in [5.41, 5.74) is 2.74. The van der Waals surface area contributed by atoms with Gasteiger partial charge >= 0.3 is 0 Å². The van der Waals surface area contributed by atoms with E-state index in [1.54, 1.807) is 6.26 Å². The Bertz CT molecular complexity index is 536. The minimum absolute atomic E-state index is 0.147. The van der Waals surface area contributed by atoms with Gasteiger partial charge in [-0.15, -0.1) is 0 Å². The number of hydrogen-bond acceptors (Lipinski definition) is 3. The second-order valence-electron chi connectivity index (χ2n) is 5.17. The third kappa shape index (κ3) is 2.79. The maximum atomic E-state index is 6.00. The van der Waals surface area contributed by atoms with Gasteiger partial charge in [0.15, 0.2) is 0 Å². The van der Waals surface area contributed by atoms with E-state index in [1.165, 1.54) is 11.1 Å². The lowest BCUT2D eigenvalue weighted by atomic mass is 9.93. The fraction of sp³-hybridized carbons (Fsp3) is 0.412. The van der Waals surface area contributed by atoms with E-state index in [4.69, 9.17) is 9.15 Å². The standard InChI is InChI=1S/C17H21NO2/c1-2-18-15(16-8-5-10-19-16)12-17-14-7-4-3-6-13(14)9-11-20-17/h3-8,10,15,17-18H,2,9,11-12H2,1H3. The minimum atomic E-state index is 0.147. The Balaban J connectivity index is 1.79. The molecule has 1 N–H and O–H groups in total. The third-order valence-corrected chi connectivity index (χ3v) is 3.88. The summed E-state index contributed by atoms with van der Waals surface area (Å²) in [6.45, 7) is 3.84. The van der Waals surface area contributed by atoms with Crippen LogP contribution in [0.1, 0.15) is 42.4 Å². The lowest BCUT2D eigenvalue weighted by Crippen LogP contribution is -2.25. The Morgan fingerprint density at radius 1 is 1.25 bits per heavy atom. The van der Waals surface area contributed by atoms with Crippen molar-refractivity contribution in [3.8, 4) is 0 Å². The Labute approximate surface area is 119 Å². The van der Waals surface area contributed by atoms with Crippen LogP contribution in [0.4, 0.5) is 0 Å². The third-order valence-electron chi connectivity index (χ3n) is 3.88. The molecule has 1 aromatic heterocycles. The summed E-state index contributed by atoms with van der Waals surface area (Å²) in [4.78, 5) is 0. The SMILES string of the molecule is CCNC(CC1OCCc2ccccc21)c1ccco1. The van der Waals surface area contributed by atoms with Gasteiger partial charge in [-0.3, -0.25) is 0 Å². The molecule has 3 nitrogen and oxygen atoms in total. The van der Waals surface area contributed by atoms with Crippen LogP contribution in [0.15, 0.2) is 47.1 Å². The summed E-state index contributed by atoms with van der Waals surface area (Å²) in [7, 11) is 0. The van der Waals surface area contributed by atoms with E-state index >= 15 is 0 Å². The number of nitrogens with one attached hydrogen (secondary N) is 1. The van der Waals surface area contributed by atoms with Crippen molar-refractivity contribution in [2.24, 2.45) is 0 Å². The van der Waals surface area contributed by atoms with Crippen molar-refractivity contribution >= 4 is 0 Å². The molecule has 3 rings (SSSR count). The molecular weight excluding hydrogens is 250 g/mol. The van der Waals surface area contributed by atoms with E-state index in [2.05, 4.69) is 36.5 Å². The van der Waals surface area contributed by atoms with E-state index in [1.807, 2.05) is 12.1 Å². The van der Waals surface area contributed by atoms with E-state index < -0.39 is 0 Å². The normalized spacial score (nSPS) is 19.6. The van der Waals surface area contributed by atoms with Crippen molar-refractivity contribution in [3.05, 3.63) is 59.5 Å². The van der Waals surface area contributed by atoms with Crippen LogP contribution < -0.4 is 5.32 Å².